The van der Waals surface area contributed by atoms with E-state index in [1.807, 2.05) is 0 Å². The molecule has 0 bridgehead atoms. The van der Waals surface area contributed by atoms with Crippen LogP contribution in [0.2, 0.25) is 10.0 Å². The highest BCUT2D eigenvalue weighted by molar-refractivity contribution is 6.32. The molecule has 20 heavy (non-hydrogen) atoms. The fourth-order valence-corrected chi connectivity index (χ4v) is 2.02. The molecule has 0 spiro atoms. The number of hydrogen-bond acceptors (Lipinski definition) is 4. The Morgan fingerprint density at radius 1 is 1.00 bits per heavy atom. The lowest BCUT2D eigenvalue weighted by atomic mass is 10.3. The van der Waals surface area contributed by atoms with E-state index in [1.54, 1.807) is 24.3 Å². The molecule has 0 saturated carbocycles. The van der Waals surface area contributed by atoms with Crippen LogP contribution in [-0.4, -0.2) is 15.1 Å². The lowest BCUT2D eigenvalue weighted by Crippen LogP contribution is -1.91. The third kappa shape index (κ3) is 2.61. The average Bonchev–Trinajstić information content (AvgIpc) is 2.43. The number of benzene rings is 2. The first kappa shape index (κ1) is 13.0. The molecule has 0 aliphatic carbocycles. The van der Waals surface area contributed by atoms with E-state index in [9.17, 15) is 5.11 Å². The van der Waals surface area contributed by atoms with Crippen molar-refractivity contribution in [1.82, 2.24) is 9.97 Å². The van der Waals surface area contributed by atoms with E-state index in [1.165, 1.54) is 18.3 Å². The van der Waals surface area contributed by atoms with E-state index in [2.05, 4.69) is 9.97 Å². The molecule has 0 aliphatic heterocycles. The number of fused-ring (bicyclic) bond motifs is 1. The van der Waals surface area contributed by atoms with Crippen molar-refractivity contribution in [2.45, 2.75) is 0 Å². The van der Waals surface area contributed by atoms with Crippen LogP contribution in [-0.2, 0) is 0 Å². The Labute approximate surface area is 124 Å². The van der Waals surface area contributed by atoms with Crippen LogP contribution in [0.3, 0.4) is 0 Å². The van der Waals surface area contributed by atoms with Crippen LogP contribution in [0.5, 0.6) is 17.4 Å². The van der Waals surface area contributed by atoms with Crippen LogP contribution in [0.1, 0.15) is 0 Å². The molecule has 4 nitrogen and oxygen atoms in total. The smallest absolute Gasteiger partial charge is 0.238 e. The normalized spacial score (nSPS) is 10.7. The second-order valence-electron chi connectivity index (χ2n) is 4.06. The average molecular weight is 307 g/mol. The summed E-state index contributed by atoms with van der Waals surface area (Å²) < 4.78 is 5.53. The van der Waals surface area contributed by atoms with E-state index >= 15 is 0 Å². The summed E-state index contributed by atoms with van der Waals surface area (Å²) in [7, 11) is 0. The monoisotopic (exact) mass is 306 g/mol. The maximum absolute atomic E-state index is 9.43. The molecule has 0 radical (unpaired) electrons. The maximum atomic E-state index is 9.43. The Morgan fingerprint density at radius 2 is 1.85 bits per heavy atom. The van der Waals surface area contributed by atoms with Crippen LogP contribution in [0.25, 0.3) is 11.0 Å². The van der Waals surface area contributed by atoms with Gasteiger partial charge in [-0.1, -0.05) is 23.2 Å². The Morgan fingerprint density at radius 3 is 2.70 bits per heavy atom. The third-order valence-electron chi connectivity index (χ3n) is 2.61. The van der Waals surface area contributed by atoms with Crippen LogP contribution in [0.15, 0.2) is 42.6 Å². The minimum atomic E-state index is 0.0601. The molecule has 3 aromatic rings. The zero-order valence-corrected chi connectivity index (χ0v) is 11.6. The summed E-state index contributed by atoms with van der Waals surface area (Å²) in [6.07, 6.45) is 1.47. The number of halogens is 2. The summed E-state index contributed by atoms with van der Waals surface area (Å²) in [5.74, 6) is 0.659. The summed E-state index contributed by atoms with van der Waals surface area (Å²) in [5, 5.41) is 10.4. The van der Waals surface area contributed by atoms with Gasteiger partial charge in [-0.25, -0.2) is 9.97 Å². The number of aromatic hydroxyl groups is 1. The number of nitrogens with zero attached hydrogens (tertiary/aromatic N) is 2. The Hall–Kier alpha value is -2.04. The van der Waals surface area contributed by atoms with Gasteiger partial charge >= 0.3 is 0 Å². The van der Waals surface area contributed by atoms with E-state index in [-0.39, 0.29) is 11.6 Å². The van der Waals surface area contributed by atoms with Gasteiger partial charge in [-0.15, -0.1) is 0 Å². The Bertz CT molecular complexity index is 793. The van der Waals surface area contributed by atoms with E-state index in [0.717, 1.165) is 0 Å². The molecule has 0 atom stereocenters. The van der Waals surface area contributed by atoms with Crippen molar-refractivity contribution in [2.24, 2.45) is 0 Å². The van der Waals surface area contributed by atoms with Gasteiger partial charge in [0.25, 0.3) is 0 Å². The number of phenolic OH excluding ortho intramolecular Hbond substituents is 1. The van der Waals surface area contributed by atoms with Crippen molar-refractivity contribution >= 4 is 34.2 Å². The van der Waals surface area contributed by atoms with Gasteiger partial charge in [0.15, 0.2) is 5.75 Å². The highest BCUT2D eigenvalue weighted by atomic mass is 35.5. The molecular weight excluding hydrogens is 299 g/mol. The predicted octanol–water partition coefficient (Wildman–Crippen LogP) is 4.43. The van der Waals surface area contributed by atoms with Crippen molar-refractivity contribution in [1.29, 1.82) is 0 Å². The highest BCUT2D eigenvalue weighted by Gasteiger charge is 2.07. The van der Waals surface area contributed by atoms with Crippen molar-refractivity contribution in [2.75, 3.05) is 0 Å². The molecule has 3 rings (SSSR count). The molecule has 0 saturated heterocycles. The van der Waals surface area contributed by atoms with Crippen LogP contribution < -0.4 is 4.74 Å². The number of aromatic nitrogens is 2. The summed E-state index contributed by atoms with van der Waals surface area (Å²) in [5.41, 5.74) is 1.33. The van der Waals surface area contributed by atoms with Gasteiger partial charge in [0.2, 0.25) is 5.88 Å². The fraction of sp³-hybridized carbons (Fsp3) is 0. The molecule has 6 heteroatoms. The minimum absolute atomic E-state index is 0.0601. The SMILES string of the molecule is Oc1ccc(Cl)c(Oc2cnc3cc(Cl)ccc3n2)c1. The van der Waals surface area contributed by atoms with Gasteiger partial charge in [-0.3, -0.25) is 0 Å². The first-order valence-electron chi connectivity index (χ1n) is 5.70. The molecule has 0 fully saturated rings. The van der Waals surface area contributed by atoms with Gasteiger partial charge < -0.3 is 9.84 Å². The standard InChI is InChI=1S/C14H8Cl2N2O2/c15-8-1-4-11-12(5-8)17-7-14(18-11)20-13-6-9(19)2-3-10(13)16/h1-7,19H. The van der Waals surface area contributed by atoms with Gasteiger partial charge in [-0.2, -0.15) is 0 Å². The van der Waals surface area contributed by atoms with Crippen molar-refractivity contribution in [3.63, 3.8) is 0 Å². The number of rotatable bonds is 2. The molecule has 0 aliphatic rings. The Kier molecular flexibility index (Phi) is 3.34. The summed E-state index contributed by atoms with van der Waals surface area (Å²) in [6.45, 7) is 0. The van der Waals surface area contributed by atoms with E-state index in [0.29, 0.717) is 26.8 Å². The van der Waals surface area contributed by atoms with Crippen molar-refractivity contribution in [3.8, 4) is 17.4 Å². The predicted molar refractivity (Wildman–Crippen MR) is 77.7 cm³/mol. The maximum Gasteiger partial charge on any atom is 0.238 e. The molecule has 1 aromatic heterocycles. The van der Waals surface area contributed by atoms with E-state index < -0.39 is 0 Å². The van der Waals surface area contributed by atoms with E-state index in [4.69, 9.17) is 27.9 Å². The van der Waals surface area contributed by atoms with Crippen LogP contribution in [0.4, 0.5) is 0 Å². The fourth-order valence-electron chi connectivity index (χ4n) is 1.70. The first-order chi connectivity index (χ1) is 9.61. The van der Waals surface area contributed by atoms with Crippen LogP contribution >= 0.6 is 23.2 Å². The minimum Gasteiger partial charge on any atom is -0.508 e. The van der Waals surface area contributed by atoms with Crippen molar-refractivity contribution in [3.05, 3.63) is 52.6 Å². The molecule has 0 unspecified atom stereocenters. The van der Waals surface area contributed by atoms with Gasteiger partial charge in [0.05, 0.1) is 22.3 Å². The topological polar surface area (TPSA) is 55.2 Å². The second kappa shape index (κ2) is 5.15. The zero-order valence-electron chi connectivity index (χ0n) is 10.0. The highest BCUT2D eigenvalue weighted by Crippen LogP contribution is 2.32. The molecule has 100 valence electrons. The summed E-state index contributed by atoms with van der Waals surface area (Å²) >= 11 is 11.9. The molecule has 2 aromatic carbocycles. The zero-order chi connectivity index (χ0) is 14.1. The quantitative estimate of drug-likeness (QED) is 0.760. The van der Waals surface area contributed by atoms with Crippen LogP contribution in [0, 0.1) is 0 Å². The van der Waals surface area contributed by atoms with Crippen molar-refractivity contribution < 1.29 is 9.84 Å². The molecule has 1 heterocycles. The summed E-state index contributed by atoms with van der Waals surface area (Å²) in [6, 6.07) is 9.63. The molecule has 0 amide bonds. The Balaban J connectivity index is 1.98. The third-order valence-corrected chi connectivity index (χ3v) is 3.16. The van der Waals surface area contributed by atoms with Gasteiger partial charge in [0, 0.05) is 11.1 Å². The second-order valence-corrected chi connectivity index (χ2v) is 4.90. The first-order valence-corrected chi connectivity index (χ1v) is 6.46. The number of hydrogen-bond donors (Lipinski definition) is 1. The van der Waals surface area contributed by atoms with Gasteiger partial charge in [-0.05, 0) is 30.3 Å². The largest absolute Gasteiger partial charge is 0.508 e. The van der Waals surface area contributed by atoms with Gasteiger partial charge in [0.1, 0.15) is 5.75 Å². The number of ether oxygens (including phenoxy) is 1. The summed E-state index contributed by atoms with van der Waals surface area (Å²) in [4.78, 5) is 8.51. The number of phenols is 1. The lowest BCUT2D eigenvalue weighted by Gasteiger charge is -2.07. The molecule has 1 N–H and O–H groups in total. The molecular formula is C14H8Cl2N2O2. The lowest BCUT2D eigenvalue weighted by molar-refractivity contribution is 0.445.